The van der Waals surface area contributed by atoms with E-state index in [1.807, 2.05) is 6.92 Å². The van der Waals surface area contributed by atoms with Gasteiger partial charge in [0.1, 0.15) is 5.78 Å². The number of piperidine rings is 1. The van der Waals surface area contributed by atoms with Crippen LogP contribution >= 0.6 is 0 Å². The number of carbonyl (C=O) groups is 3. The topological polar surface area (TPSA) is 83.5 Å². The number of aliphatic hydroxyl groups excluding tert-OH is 1. The van der Waals surface area contributed by atoms with Crippen molar-refractivity contribution in [2.45, 2.75) is 52.1 Å². The van der Waals surface area contributed by atoms with E-state index in [4.69, 9.17) is 0 Å². The van der Waals surface area contributed by atoms with E-state index in [0.29, 0.717) is 18.8 Å². The highest BCUT2D eigenvalue weighted by Gasteiger charge is 2.38. The lowest BCUT2D eigenvalue weighted by Gasteiger charge is -2.34. The van der Waals surface area contributed by atoms with Gasteiger partial charge in [0, 0.05) is 24.7 Å². The van der Waals surface area contributed by atoms with E-state index < -0.39 is 6.10 Å². The summed E-state index contributed by atoms with van der Waals surface area (Å²) in [5.41, 5.74) is 0. The highest BCUT2D eigenvalue weighted by molar-refractivity contribution is 5.97. The zero-order chi connectivity index (χ0) is 14.9. The van der Waals surface area contributed by atoms with Crippen LogP contribution in [0.5, 0.6) is 0 Å². The van der Waals surface area contributed by atoms with E-state index >= 15 is 0 Å². The lowest BCUT2D eigenvalue weighted by Crippen LogP contribution is -2.42. The van der Waals surface area contributed by atoms with Crippen LogP contribution in [0.4, 0.5) is 0 Å². The Hall–Kier alpha value is -1.23. The standard InChI is InChI=1S/C15H23NO4/c1-8-3-9(2)15(20)11(4-8)12(17)5-10-6-13(18)16-14(19)7-10/h8-12,17H,3-7H2,1-2H3,(H,16,18,19)/t8-,9-,11+,12+/m1/s1. The van der Waals surface area contributed by atoms with Gasteiger partial charge in [0.25, 0.3) is 0 Å². The quantitative estimate of drug-likeness (QED) is 0.757. The second-order valence-corrected chi connectivity index (χ2v) is 6.54. The average Bonchev–Trinajstić information content (AvgIpc) is 2.32. The minimum absolute atomic E-state index is 0.00492. The third-order valence-corrected chi connectivity index (χ3v) is 4.53. The number of hydrogen-bond donors (Lipinski definition) is 2. The van der Waals surface area contributed by atoms with Crippen LogP contribution in [-0.4, -0.2) is 28.8 Å². The number of amides is 2. The van der Waals surface area contributed by atoms with Gasteiger partial charge in [-0.05, 0) is 31.1 Å². The Kier molecular flexibility index (Phi) is 4.58. The number of rotatable bonds is 3. The molecule has 0 aromatic rings. The second-order valence-electron chi connectivity index (χ2n) is 6.54. The largest absolute Gasteiger partial charge is 0.392 e. The summed E-state index contributed by atoms with van der Waals surface area (Å²) in [7, 11) is 0. The summed E-state index contributed by atoms with van der Waals surface area (Å²) in [5.74, 6) is -0.499. The summed E-state index contributed by atoms with van der Waals surface area (Å²) in [5, 5.41) is 12.6. The maximum atomic E-state index is 12.2. The van der Waals surface area contributed by atoms with E-state index in [9.17, 15) is 19.5 Å². The van der Waals surface area contributed by atoms with Crippen molar-refractivity contribution in [3.63, 3.8) is 0 Å². The fraction of sp³-hybridized carbons (Fsp3) is 0.800. The van der Waals surface area contributed by atoms with Gasteiger partial charge >= 0.3 is 0 Å². The van der Waals surface area contributed by atoms with E-state index in [2.05, 4.69) is 12.2 Å². The molecule has 1 heterocycles. The van der Waals surface area contributed by atoms with Crippen molar-refractivity contribution in [2.24, 2.45) is 23.7 Å². The molecule has 0 unspecified atom stereocenters. The molecule has 5 heteroatoms. The van der Waals surface area contributed by atoms with Gasteiger partial charge < -0.3 is 5.11 Å². The Balaban J connectivity index is 1.96. The summed E-state index contributed by atoms with van der Waals surface area (Å²) in [4.78, 5) is 34.8. The molecule has 112 valence electrons. The van der Waals surface area contributed by atoms with Gasteiger partial charge in [-0.3, -0.25) is 19.7 Å². The zero-order valence-corrected chi connectivity index (χ0v) is 12.1. The van der Waals surface area contributed by atoms with Crippen LogP contribution in [0.2, 0.25) is 0 Å². The van der Waals surface area contributed by atoms with Crippen molar-refractivity contribution < 1.29 is 19.5 Å². The highest BCUT2D eigenvalue weighted by atomic mass is 16.3. The van der Waals surface area contributed by atoms with Gasteiger partial charge in [-0.1, -0.05) is 13.8 Å². The maximum absolute atomic E-state index is 12.2. The molecule has 0 aromatic heterocycles. The van der Waals surface area contributed by atoms with Crippen LogP contribution in [0, 0.1) is 23.7 Å². The smallest absolute Gasteiger partial charge is 0.226 e. The Labute approximate surface area is 119 Å². The molecule has 4 atom stereocenters. The Bertz CT molecular complexity index is 404. The molecule has 0 bridgehead atoms. The second kappa shape index (κ2) is 6.04. The summed E-state index contributed by atoms with van der Waals surface area (Å²) in [6.45, 7) is 4.01. The fourth-order valence-electron chi connectivity index (χ4n) is 3.60. The third-order valence-electron chi connectivity index (χ3n) is 4.53. The SMILES string of the molecule is C[C@@H]1C[C@@H](C)C(=O)[C@H]([C@@H](O)CC2CC(=O)NC(=O)C2)C1. The monoisotopic (exact) mass is 281 g/mol. The fourth-order valence-corrected chi connectivity index (χ4v) is 3.60. The van der Waals surface area contributed by atoms with Gasteiger partial charge in [0.15, 0.2) is 0 Å². The number of imide groups is 1. The van der Waals surface area contributed by atoms with Crippen molar-refractivity contribution >= 4 is 17.6 Å². The van der Waals surface area contributed by atoms with Crippen LogP contribution in [0.1, 0.15) is 46.0 Å². The van der Waals surface area contributed by atoms with Gasteiger partial charge in [-0.2, -0.15) is 0 Å². The van der Waals surface area contributed by atoms with Crippen molar-refractivity contribution in [2.75, 3.05) is 0 Å². The first-order chi connectivity index (χ1) is 9.36. The van der Waals surface area contributed by atoms with E-state index in [1.54, 1.807) is 0 Å². The average molecular weight is 281 g/mol. The lowest BCUT2D eigenvalue weighted by molar-refractivity contribution is -0.136. The predicted octanol–water partition coefficient (Wildman–Crippen LogP) is 1.04. The Morgan fingerprint density at radius 1 is 1.15 bits per heavy atom. The first-order valence-electron chi connectivity index (χ1n) is 7.41. The number of aliphatic hydroxyl groups is 1. The minimum atomic E-state index is -0.739. The van der Waals surface area contributed by atoms with E-state index in [0.717, 1.165) is 6.42 Å². The number of ketones is 1. The summed E-state index contributed by atoms with van der Waals surface area (Å²) in [6, 6.07) is 0. The zero-order valence-electron chi connectivity index (χ0n) is 12.1. The molecule has 1 saturated carbocycles. The first-order valence-corrected chi connectivity index (χ1v) is 7.41. The molecule has 2 aliphatic rings. The molecule has 20 heavy (non-hydrogen) atoms. The summed E-state index contributed by atoms with van der Waals surface area (Å²) in [6.07, 6.45) is 1.72. The van der Waals surface area contributed by atoms with Crippen molar-refractivity contribution in [1.29, 1.82) is 0 Å². The molecular formula is C15H23NO4. The van der Waals surface area contributed by atoms with Crippen LogP contribution in [-0.2, 0) is 14.4 Å². The molecule has 2 rings (SSSR count). The minimum Gasteiger partial charge on any atom is -0.392 e. The summed E-state index contributed by atoms with van der Waals surface area (Å²) < 4.78 is 0. The predicted molar refractivity (Wildman–Crippen MR) is 72.6 cm³/mol. The van der Waals surface area contributed by atoms with E-state index in [1.165, 1.54) is 0 Å². The van der Waals surface area contributed by atoms with E-state index in [-0.39, 0.29) is 48.2 Å². The number of carbonyl (C=O) groups excluding carboxylic acids is 3. The van der Waals surface area contributed by atoms with Crippen molar-refractivity contribution in [3.8, 4) is 0 Å². The molecule has 2 amide bonds. The van der Waals surface area contributed by atoms with Gasteiger partial charge in [-0.15, -0.1) is 0 Å². The molecule has 0 radical (unpaired) electrons. The third kappa shape index (κ3) is 3.45. The molecule has 2 fully saturated rings. The highest BCUT2D eigenvalue weighted by Crippen LogP contribution is 2.34. The van der Waals surface area contributed by atoms with Crippen molar-refractivity contribution in [3.05, 3.63) is 0 Å². The molecular weight excluding hydrogens is 258 g/mol. The Morgan fingerprint density at radius 3 is 2.35 bits per heavy atom. The molecule has 1 saturated heterocycles. The number of Topliss-reactive ketones (excluding diaryl/α,β-unsaturated/α-hetero) is 1. The van der Waals surface area contributed by atoms with Crippen LogP contribution in [0.3, 0.4) is 0 Å². The van der Waals surface area contributed by atoms with Crippen LogP contribution < -0.4 is 5.32 Å². The molecule has 0 spiro atoms. The van der Waals surface area contributed by atoms with Gasteiger partial charge in [-0.25, -0.2) is 0 Å². The molecule has 1 aliphatic heterocycles. The maximum Gasteiger partial charge on any atom is 0.226 e. The van der Waals surface area contributed by atoms with Gasteiger partial charge in [0.2, 0.25) is 11.8 Å². The normalized spacial score (nSPS) is 34.0. The molecule has 2 N–H and O–H groups in total. The van der Waals surface area contributed by atoms with Crippen molar-refractivity contribution in [1.82, 2.24) is 5.32 Å². The first kappa shape index (κ1) is 15.2. The van der Waals surface area contributed by atoms with Crippen LogP contribution in [0.25, 0.3) is 0 Å². The lowest BCUT2D eigenvalue weighted by atomic mass is 9.71. The molecule has 1 aliphatic carbocycles. The molecule has 0 aromatic carbocycles. The van der Waals surface area contributed by atoms with Crippen LogP contribution in [0.15, 0.2) is 0 Å². The number of nitrogens with one attached hydrogen (secondary N) is 1. The number of hydrogen-bond acceptors (Lipinski definition) is 4. The Morgan fingerprint density at radius 2 is 1.75 bits per heavy atom. The van der Waals surface area contributed by atoms with Gasteiger partial charge in [0.05, 0.1) is 6.10 Å². The molecule has 5 nitrogen and oxygen atoms in total. The summed E-state index contributed by atoms with van der Waals surface area (Å²) >= 11 is 0.